The van der Waals surface area contributed by atoms with E-state index in [1.807, 2.05) is 4.57 Å². The van der Waals surface area contributed by atoms with Crippen molar-refractivity contribution in [1.82, 2.24) is 19.5 Å². The summed E-state index contributed by atoms with van der Waals surface area (Å²) >= 11 is 5.79. The second-order valence-electron chi connectivity index (χ2n) is 8.77. The summed E-state index contributed by atoms with van der Waals surface area (Å²) in [5.41, 5.74) is 2.50. The molecule has 0 unspecified atom stereocenters. The van der Waals surface area contributed by atoms with E-state index >= 15 is 4.39 Å². The fourth-order valence-electron chi connectivity index (χ4n) is 3.97. The molecule has 0 amide bonds. The van der Waals surface area contributed by atoms with E-state index in [1.165, 1.54) is 0 Å². The number of carbonyl (C=O) groups excluding carboxylic acids is 1. The fraction of sp³-hybridized carbons (Fsp3) is 0.172. The zero-order chi connectivity index (χ0) is 28.1. The molecule has 0 N–H and O–H groups in total. The average Bonchev–Trinajstić information content (AvgIpc) is 3.38. The lowest BCUT2D eigenvalue weighted by Crippen LogP contribution is -2.08. The number of nitrogens with zero attached hydrogens (tertiary/aromatic N) is 4. The molecule has 0 bridgehead atoms. The van der Waals surface area contributed by atoms with Crippen LogP contribution in [-0.4, -0.2) is 39.2 Å². The Balaban J connectivity index is 1.27. The second-order valence-corrected chi connectivity index (χ2v) is 9.16. The van der Waals surface area contributed by atoms with Gasteiger partial charge in [-0.2, -0.15) is 0 Å². The lowest BCUT2D eigenvalue weighted by Gasteiger charge is -2.11. The first-order chi connectivity index (χ1) is 19.4. The summed E-state index contributed by atoms with van der Waals surface area (Å²) in [4.78, 5) is 25.3. The third-order valence-corrected chi connectivity index (χ3v) is 6.29. The summed E-state index contributed by atoms with van der Waals surface area (Å²) in [5, 5.41) is 0.364. The predicted molar refractivity (Wildman–Crippen MR) is 144 cm³/mol. The first-order valence-electron chi connectivity index (χ1n) is 12.2. The maximum atomic E-state index is 15.0. The number of rotatable bonds is 10. The SMILES string of the molecule is COCCn1cnc2ccc(C(=O)OCc3cc(F)c(-c4cccc(OCc5ccc(Cl)nc5)n4)cc3F)cc21. The normalized spacial score (nSPS) is 11.1. The van der Waals surface area contributed by atoms with Gasteiger partial charge in [0, 0.05) is 42.6 Å². The van der Waals surface area contributed by atoms with E-state index < -0.39 is 24.2 Å². The van der Waals surface area contributed by atoms with Crippen molar-refractivity contribution in [3.05, 3.63) is 107 Å². The molecule has 204 valence electrons. The van der Waals surface area contributed by atoms with Gasteiger partial charge in [-0.1, -0.05) is 23.7 Å². The number of fused-ring (bicyclic) bond motifs is 1. The van der Waals surface area contributed by atoms with Gasteiger partial charge in [0.25, 0.3) is 0 Å². The maximum Gasteiger partial charge on any atom is 0.338 e. The standard InChI is InChI=1S/C29H23ClF2N4O4/c1-38-10-9-36-17-34-25-7-6-19(12-26(25)36)29(37)40-16-20-11-23(32)21(13-22(20)31)24-3-2-4-28(35-24)39-15-18-5-8-27(30)33-14-18/h2-8,11-14,17H,9-10,15-16H2,1H3. The van der Waals surface area contributed by atoms with Crippen molar-refractivity contribution < 1.29 is 27.8 Å². The minimum Gasteiger partial charge on any atom is -0.473 e. The molecule has 3 heterocycles. The zero-order valence-corrected chi connectivity index (χ0v) is 22.1. The van der Waals surface area contributed by atoms with Gasteiger partial charge < -0.3 is 18.8 Å². The first-order valence-corrected chi connectivity index (χ1v) is 12.6. The van der Waals surface area contributed by atoms with Crippen LogP contribution in [0.4, 0.5) is 8.78 Å². The summed E-state index contributed by atoms with van der Waals surface area (Å²) in [5.74, 6) is -1.90. The smallest absolute Gasteiger partial charge is 0.338 e. The van der Waals surface area contributed by atoms with Crippen molar-refractivity contribution in [2.24, 2.45) is 0 Å². The number of hydrogen-bond donors (Lipinski definition) is 0. The van der Waals surface area contributed by atoms with E-state index in [4.69, 9.17) is 25.8 Å². The summed E-state index contributed by atoms with van der Waals surface area (Å²) in [6.07, 6.45) is 3.23. The van der Waals surface area contributed by atoms with Crippen molar-refractivity contribution in [2.45, 2.75) is 19.8 Å². The molecule has 2 aromatic carbocycles. The molecule has 0 saturated heterocycles. The number of ether oxygens (including phenoxy) is 3. The Morgan fingerprint density at radius 3 is 2.67 bits per heavy atom. The van der Waals surface area contributed by atoms with Crippen molar-refractivity contribution >= 4 is 28.6 Å². The molecule has 40 heavy (non-hydrogen) atoms. The van der Waals surface area contributed by atoms with Gasteiger partial charge in [-0.25, -0.2) is 28.5 Å². The van der Waals surface area contributed by atoms with E-state index in [0.29, 0.717) is 23.8 Å². The molecule has 3 aromatic heterocycles. The third-order valence-electron chi connectivity index (χ3n) is 6.06. The van der Waals surface area contributed by atoms with Crippen molar-refractivity contribution in [1.29, 1.82) is 0 Å². The Bertz CT molecular complexity index is 1660. The minimum atomic E-state index is -0.738. The van der Waals surface area contributed by atoms with Crippen LogP contribution < -0.4 is 4.74 Å². The number of halogens is 3. The molecule has 0 aliphatic heterocycles. The van der Waals surface area contributed by atoms with Crippen molar-refractivity contribution in [3.63, 3.8) is 0 Å². The predicted octanol–water partition coefficient (Wildman–Crippen LogP) is 6.01. The minimum absolute atomic E-state index is 0.0547. The van der Waals surface area contributed by atoms with Gasteiger partial charge in [0.2, 0.25) is 5.88 Å². The second kappa shape index (κ2) is 12.2. The Morgan fingerprint density at radius 1 is 1.00 bits per heavy atom. The van der Waals surface area contributed by atoms with Gasteiger partial charge in [-0.05, 0) is 42.5 Å². The molecular formula is C29H23ClF2N4O4. The Hall–Kier alpha value is -4.41. The lowest BCUT2D eigenvalue weighted by atomic mass is 10.1. The molecule has 0 spiro atoms. The van der Waals surface area contributed by atoms with Crippen LogP contribution in [0.5, 0.6) is 5.88 Å². The van der Waals surface area contributed by atoms with Gasteiger partial charge in [-0.3, -0.25) is 0 Å². The van der Waals surface area contributed by atoms with Gasteiger partial charge in [-0.15, -0.1) is 0 Å². The molecule has 5 aromatic rings. The van der Waals surface area contributed by atoms with E-state index in [2.05, 4.69) is 15.0 Å². The molecule has 8 nitrogen and oxygen atoms in total. The van der Waals surface area contributed by atoms with E-state index in [-0.39, 0.29) is 34.9 Å². The number of imidazole rings is 1. The van der Waals surface area contributed by atoms with Crippen LogP contribution in [0.1, 0.15) is 21.5 Å². The molecule has 11 heteroatoms. The molecule has 0 aliphatic rings. The van der Waals surface area contributed by atoms with E-state index in [1.54, 1.807) is 68.2 Å². The number of aromatic nitrogens is 4. The molecule has 0 fully saturated rings. The number of benzene rings is 2. The van der Waals surface area contributed by atoms with E-state index in [0.717, 1.165) is 23.2 Å². The Morgan fingerprint density at radius 2 is 1.88 bits per heavy atom. The quantitative estimate of drug-likeness (QED) is 0.152. The van der Waals surface area contributed by atoms with Gasteiger partial charge in [0.1, 0.15) is 30.0 Å². The van der Waals surface area contributed by atoms with Crippen LogP contribution in [0.15, 0.2) is 73.2 Å². The molecule has 5 rings (SSSR count). The maximum absolute atomic E-state index is 15.0. The summed E-state index contributed by atoms with van der Waals surface area (Å²) < 4.78 is 47.9. The van der Waals surface area contributed by atoms with Gasteiger partial charge in [0.05, 0.1) is 35.2 Å². The van der Waals surface area contributed by atoms with Crippen molar-refractivity contribution in [2.75, 3.05) is 13.7 Å². The summed E-state index contributed by atoms with van der Waals surface area (Å²) in [6.45, 7) is 0.764. The van der Waals surface area contributed by atoms with Crippen LogP contribution in [0.25, 0.3) is 22.3 Å². The number of pyridine rings is 2. The number of carbonyl (C=O) groups is 1. The molecule has 0 aliphatic carbocycles. The van der Waals surface area contributed by atoms with Crippen LogP contribution in [-0.2, 0) is 29.2 Å². The highest BCUT2D eigenvalue weighted by Gasteiger charge is 2.16. The molecule has 0 radical (unpaired) electrons. The Labute approximate surface area is 233 Å². The van der Waals surface area contributed by atoms with Gasteiger partial charge >= 0.3 is 5.97 Å². The van der Waals surface area contributed by atoms with E-state index in [9.17, 15) is 9.18 Å². The lowest BCUT2D eigenvalue weighted by molar-refractivity contribution is 0.0468. The first kappa shape index (κ1) is 27.2. The topological polar surface area (TPSA) is 88.4 Å². The van der Waals surface area contributed by atoms with Gasteiger partial charge in [0.15, 0.2) is 0 Å². The highest BCUT2D eigenvalue weighted by Crippen LogP contribution is 2.27. The third kappa shape index (κ3) is 6.24. The average molecular weight is 565 g/mol. The van der Waals surface area contributed by atoms with Crippen molar-refractivity contribution in [3.8, 4) is 17.1 Å². The Kier molecular flexibility index (Phi) is 8.28. The van der Waals surface area contributed by atoms with Crippen LogP contribution in [0, 0.1) is 11.6 Å². The van der Waals surface area contributed by atoms with Crippen LogP contribution >= 0.6 is 11.6 Å². The highest BCUT2D eigenvalue weighted by atomic mass is 35.5. The highest BCUT2D eigenvalue weighted by molar-refractivity contribution is 6.29. The number of hydrogen-bond acceptors (Lipinski definition) is 7. The molecular weight excluding hydrogens is 542 g/mol. The monoisotopic (exact) mass is 564 g/mol. The summed E-state index contributed by atoms with van der Waals surface area (Å²) in [7, 11) is 1.60. The number of esters is 1. The molecule has 0 atom stereocenters. The fourth-order valence-corrected chi connectivity index (χ4v) is 4.08. The van der Waals surface area contributed by atoms with Crippen LogP contribution in [0.2, 0.25) is 5.15 Å². The summed E-state index contributed by atoms with van der Waals surface area (Å²) in [6, 6.07) is 15.1. The van der Waals surface area contributed by atoms with Crippen LogP contribution in [0.3, 0.4) is 0 Å². The largest absolute Gasteiger partial charge is 0.473 e. The number of methoxy groups -OCH3 is 1. The zero-order valence-electron chi connectivity index (χ0n) is 21.3. The molecule has 0 saturated carbocycles.